The lowest BCUT2D eigenvalue weighted by Crippen LogP contribution is -2.51. The minimum atomic E-state index is -0.835. The monoisotopic (exact) mass is 180 g/mol. The van der Waals surface area contributed by atoms with Gasteiger partial charge in [0.15, 0.2) is 0 Å². The van der Waals surface area contributed by atoms with Crippen LogP contribution in [0.25, 0.3) is 0 Å². The van der Waals surface area contributed by atoms with E-state index in [0.29, 0.717) is 0 Å². The fourth-order valence-electron chi connectivity index (χ4n) is 2.35. The van der Waals surface area contributed by atoms with Crippen LogP contribution in [0.1, 0.15) is 32.6 Å². The van der Waals surface area contributed by atoms with E-state index >= 15 is 0 Å². The quantitative estimate of drug-likeness (QED) is 0.660. The van der Waals surface area contributed by atoms with Crippen LogP contribution >= 0.6 is 0 Å². The van der Waals surface area contributed by atoms with Crippen molar-refractivity contribution in [1.29, 1.82) is 5.26 Å². The second kappa shape index (κ2) is 2.70. The van der Waals surface area contributed by atoms with E-state index in [2.05, 4.69) is 11.4 Å². The number of nitrogens with one attached hydrogen (secondary N) is 1. The molecule has 3 heteroatoms. The molecule has 0 bridgehead atoms. The zero-order valence-electron chi connectivity index (χ0n) is 8.01. The molecule has 0 aromatic heterocycles. The SMILES string of the molecule is CC(O)(C1CCCN1)C1(C#N)CC1. The Hall–Kier alpha value is -0.590. The van der Waals surface area contributed by atoms with Crippen LogP contribution in [-0.4, -0.2) is 23.3 Å². The van der Waals surface area contributed by atoms with E-state index in [1.165, 1.54) is 0 Å². The van der Waals surface area contributed by atoms with Crippen LogP contribution in [0.5, 0.6) is 0 Å². The van der Waals surface area contributed by atoms with Crippen molar-refractivity contribution in [2.75, 3.05) is 6.54 Å². The summed E-state index contributed by atoms with van der Waals surface area (Å²) in [6.07, 6.45) is 3.82. The Morgan fingerprint density at radius 2 is 2.31 bits per heavy atom. The van der Waals surface area contributed by atoms with Crippen LogP contribution in [0.15, 0.2) is 0 Å². The minimum absolute atomic E-state index is 0.120. The smallest absolute Gasteiger partial charge is 0.0957 e. The summed E-state index contributed by atoms with van der Waals surface area (Å²) in [5.41, 5.74) is -1.28. The second-order valence-corrected chi connectivity index (χ2v) is 4.49. The number of nitriles is 1. The predicted octanol–water partition coefficient (Wildman–Crippen LogP) is 0.793. The van der Waals surface area contributed by atoms with Crippen LogP contribution in [0.4, 0.5) is 0 Å². The number of rotatable bonds is 2. The summed E-state index contributed by atoms with van der Waals surface area (Å²) in [7, 11) is 0. The van der Waals surface area contributed by atoms with Gasteiger partial charge in [-0.25, -0.2) is 0 Å². The van der Waals surface area contributed by atoms with Gasteiger partial charge < -0.3 is 10.4 Å². The van der Waals surface area contributed by atoms with Crippen molar-refractivity contribution in [2.24, 2.45) is 5.41 Å². The van der Waals surface area contributed by atoms with Gasteiger partial charge in [0, 0.05) is 6.04 Å². The van der Waals surface area contributed by atoms with Gasteiger partial charge in [0.1, 0.15) is 0 Å². The van der Waals surface area contributed by atoms with Gasteiger partial charge in [-0.1, -0.05) is 0 Å². The fraction of sp³-hybridized carbons (Fsp3) is 0.900. The zero-order chi connectivity index (χ0) is 9.53. The van der Waals surface area contributed by atoms with Gasteiger partial charge in [-0.2, -0.15) is 5.26 Å². The molecular weight excluding hydrogens is 164 g/mol. The normalized spacial score (nSPS) is 35.0. The highest BCUT2D eigenvalue weighted by Crippen LogP contribution is 2.55. The van der Waals surface area contributed by atoms with Gasteiger partial charge in [0.2, 0.25) is 0 Å². The Morgan fingerprint density at radius 1 is 1.62 bits per heavy atom. The number of hydrogen-bond donors (Lipinski definition) is 2. The molecule has 2 aliphatic rings. The van der Waals surface area contributed by atoms with Gasteiger partial charge in [0.05, 0.1) is 17.1 Å². The lowest BCUT2D eigenvalue weighted by Gasteiger charge is -2.34. The second-order valence-electron chi connectivity index (χ2n) is 4.49. The molecule has 1 saturated heterocycles. The molecule has 0 aromatic rings. The third kappa shape index (κ3) is 1.17. The van der Waals surface area contributed by atoms with E-state index in [1.807, 2.05) is 6.92 Å². The number of hydrogen-bond acceptors (Lipinski definition) is 3. The zero-order valence-corrected chi connectivity index (χ0v) is 8.01. The van der Waals surface area contributed by atoms with Crippen molar-refractivity contribution in [1.82, 2.24) is 5.32 Å². The van der Waals surface area contributed by atoms with Crippen molar-refractivity contribution in [3.63, 3.8) is 0 Å². The molecule has 0 radical (unpaired) electrons. The van der Waals surface area contributed by atoms with E-state index in [4.69, 9.17) is 5.26 Å². The Labute approximate surface area is 78.7 Å². The Balaban J connectivity index is 2.15. The molecule has 2 N–H and O–H groups in total. The van der Waals surface area contributed by atoms with Crippen LogP contribution in [0, 0.1) is 16.7 Å². The molecule has 0 amide bonds. The maximum atomic E-state index is 10.3. The van der Waals surface area contributed by atoms with Crippen molar-refractivity contribution in [3.05, 3.63) is 0 Å². The van der Waals surface area contributed by atoms with Gasteiger partial charge in [0.25, 0.3) is 0 Å². The largest absolute Gasteiger partial charge is 0.387 e. The molecular formula is C10H16N2O. The molecule has 72 valence electrons. The van der Waals surface area contributed by atoms with Gasteiger partial charge >= 0.3 is 0 Å². The molecule has 2 unspecified atom stereocenters. The lowest BCUT2D eigenvalue weighted by molar-refractivity contribution is -0.0215. The van der Waals surface area contributed by atoms with E-state index in [1.54, 1.807) is 0 Å². The van der Waals surface area contributed by atoms with E-state index in [9.17, 15) is 5.11 Å². The first-order valence-electron chi connectivity index (χ1n) is 4.99. The van der Waals surface area contributed by atoms with Crippen molar-refractivity contribution >= 4 is 0 Å². The van der Waals surface area contributed by atoms with Crippen LogP contribution in [0.3, 0.4) is 0 Å². The topological polar surface area (TPSA) is 56.0 Å². The summed E-state index contributed by atoms with van der Waals surface area (Å²) in [5, 5.41) is 22.6. The van der Waals surface area contributed by atoms with Crippen LogP contribution < -0.4 is 5.32 Å². The number of aliphatic hydroxyl groups is 1. The highest BCUT2D eigenvalue weighted by atomic mass is 16.3. The summed E-state index contributed by atoms with van der Waals surface area (Å²) >= 11 is 0. The Kier molecular flexibility index (Phi) is 1.86. The summed E-state index contributed by atoms with van der Waals surface area (Å²) in [4.78, 5) is 0. The third-order valence-corrected chi connectivity index (χ3v) is 3.67. The maximum absolute atomic E-state index is 10.3. The average molecular weight is 180 g/mol. The standard InChI is InChI=1S/C10H16N2O/c1-9(13,8-3-2-6-12-8)10(7-11)4-5-10/h8,12-13H,2-6H2,1H3. The summed E-state index contributed by atoms with van der Waals surface area (Å²) in [6, 6.07) is 2.40. The number of nitrogens with zero attached hydrogens (tertiary/aromatic N) is 1. The summed E-state index contributed by atoms with van der Waals surface area (Å²) in [5.74, 6) is 0. The van der Waals surface area contributed by atoms with Gasteiger partial charge in [-0.15, -0.1) is 0 Å². The third-order valence-electron chi connectivity index (χ3n) is 3.67. The van der Waals surface area contributed by atoms with E-state index in [0.717, 1.165) is 32.2 Å². The average Bonchev–Trinajstić information content (AvgIpc) is 2.72. The molecule has 2 rings (SSSR count). The molecule has 1 aliphatic carbocycles. The van der Waals surface area contributed by atoms with E-state index in [-0.39, 0.29) is 6.04 Å². The molecule has 13 heavy (non-hydrogen) atoms. The molecule has 1 aliphatic heterocycles. The molecule has 0 spiro atoms. The van der Waals surface area contributed by atoms with E-state index < -0.39 is 11.0 Å². The van der Waals surface area contributed by atoms with Gasteiger partial charge in [-0.05, 0) is 39.2 Å². The Morgan fingerprint density at radius 3 is 2.69 bits per heavy atom. The minimum Gasteiger partial charge on any atom is -0.387 e. The molecule has 2 fully saturated rings. The first kappa shape index (κ1) is 8.98. The highest BCUT2D eigenvalue weighted by molar-refractivity contribution is 5.22. The van der Waals surface area contributed by atoms with Crippen molar-refractivity contribution in [2.45, 2.75) is 44.2 Å². The molecule has 3 nitrogen and oxygen atoms in total. The molecule has 2 atom stereocenters. The fourth-order valence-corrected chi connectivity index (χ4v) is 2.35. The first-order chi connectivity index (χ1) is 6.12. The maximum Gasteiger partial charge on any atom is 0.0957 e. The van der Waals surface area contributed by atoms with Crippen LogP contribution in [0.2, 0.25) is 0 Å². The van der Waals surface area contributed by atoms with Crippen molar-refractivity contribution < 1.29 is 5.11 Å². The summed E-state index contributed by atoms with van der Waals surface area (Å²) in [6.45, 7) is 2.79. The van der Waals surface area contributed by atoms with Gasteiger partial charge in [-0.3, -0.25) is 0 Å². The summed E-state index contributed by atoms with van der Waals surface area (Å²) < 4.78 is 0. The Bertz CT molecular complexity index is 244. The molecule has 0 aromatic carbocycles. The first-order valence-corrected chi connectivity index (χ1v) is 4.99. The molecule has 1 heterocycles. The lowest BCUT2D eigenvalue weighted by atomic mass is 9.80. The van der Waals surface area contributed by atoms with Crippen molar-refractivity contribution in [3.8, 4) is 6.07 Å². The highest BCUT2D eigenvalue weighted by Gasteiger charge is 2.60. The molecule has 1 saturated carbocycles. The van der Waals surface area contributed by atoms with Crippen LogP contribution in [-0.2, 0) is 0 Å². The predicted molar refractivity (Wildman–Crippen MR) is 48.9 cm³/mol.